The Kier molecular flexibility index (Phi) is 6.15. The summed E-state index contributed by atoms with van der Waals surface area (Å²) in [5.41, 5.74) is 0. The van der Waals surface area contributed by atoms with Crippen molar-refractivity contribution in [2.45, 2.75) is 39.7 Å². The molecular formula is C13H24N2O5S. The van der Waals surface area contributed by atoms with Gasteiger partial charge in [-0.15, -0.1) is 0 Å². The topological polar surface area (TPSA) is 104 Å². The van der Waals surface area contributed by atoms with Crippen molar-refractivity contribution in [3.05, 3.63) is 0 Å². The second-order valence-electron chi connectivity index (χ2n) is 5.64. The summed E-state index contributed by atoms with van der Waals surface area (Å²) in [7, 11) is -3.21. The standard InChI is InChI=1S/C13H24N2O5S/c1-4-21(19,20)15-7-5-10(6-8-15)12(16)14-11(9(2)3)13(17)18/h9-11H,4-8H2,1-3H3,(H,14,16)(H,17,18). The van der Waals surface area contributed by atoms with Crippen LogP contribution in [0.25, 0.3) is 0 Å². The van der Waals surface area contributed by atoms with Crippen molar-refractivity contribution in [3.63, 3.8) is 0 Å². The fraction of sp³-hybridized carbons (Fsp3) is 0.846. The maximum atomic E-state index is 12.1. The molecule has 2 N–H and O–H groups in total. The average Bonchev–Trinajstić information content (AvgIpc) is 2.43. The summed E-state index contributed by atoms with van der Waals surface area (Å²) in [4.78, 5) is 23.2. The maximum absolute atomic E-state index is 12.1. The van der Waals surface area contributed by atoms with Crippen molar-refractivity contribution in [2.24, 2.45) is 11.8 Å². The number of aliphatic carboxylic acids is 1. The molecule has 0 aromatic carbocycles. The predicted octanol–water partition coefficient (Wildman–Crippen LogP) is 0.274. The minimum atomic E-state index is -3.21. The van der Waals surface area contributed by atoms with Crippen LogP contribution in [0.1, 0.15) is 33.6 Å². The van der Waals surface area contributed by atoms with Crippen molar-refractivity contribution >= 4 is 21.9 Å². The van der Waals surface area contributed by atoms with Gasteiger partial charge < -0.3 is 10.4 Å². The molecule has 1 amide bonds. The van der Waals surface area contributed by atoms with E-state index in [2.05, 4.69) is 5.32 Å². The molecule has 0 saturated carbocycles. The van der Waals surface area contributed by atoms with Crippen LogP contribution in [0.4, 0.5) is 0 Å². The molecular weight excluding hydrogens is 296 g/mol. The molecule has 0 aromatic rings. The molecule has 8 heteroatoms. The number of amides is 1. The molecule has 1 aliphatic rings. The number of carboxylic acid groups (broad SMARTS) is 1. The fourth-order valence-corrected chi connectivity index (χ4v) is 3.50. The molecule has 0 aromatic heterocycles. The number of carbonyl (C=O) groups excluding carboxylic acids is 1. The molecule has 1 rings (SSSR count). The number of sulfonamides is 1. The molecule has 122 valence electrons. The second kappa shape index (κ2) is 7.22. The van der Waals surface area contributed by atoms with Gasteiger partial charge in [0, 0.05) is 19.0 Å². The molecule has 0 spiro atoms. The Balaban J connectivity index is 2.58. The zero-order valence-corrected chi connectivity index (χ0v) is 13.5. The van der Waals surface area contributed by atoms with Crippen molar-refractivity contribution in [1.29, 1.82) is 0 Å². The lowest BCUT2D eigenvalue weighted by atomic mass is 9.95. The average molecular weight is 320 g/mol. The first kappa shape index (κ1) is 17.9. The largest absolute Gasteiger partial charge is 0.480 e. The molecule has 21 heavy (non-hydrogen) atoms. The quantitative estimate of drug-likeness (QED) is 0.731. The molecule has 1 atom stereocenters. The third-order valence-corrected chi connectivity index (χ3v) is 5.69. The van der Waals surface area contributed by atoms with Crippen LogP contribution < -0.4 is 5.32 Å². The zero-order chi connectivity index (χ0) is 16.2. The summed E-state index contributed by atoms with van der Waals surface area (Å²) in [6, 6.07) is -0.907. The van der Waals surface area contributed by atoms with Crippen LogP contribution in [0, 0.1) is 11.8 Å². The first-order valence-corrected chi connectivity index (χ1v) is 8.81. The Labute approximate surface area is 125 Å². The lowest BCUT2D eigenvalue weighted by Gasteiger charge is -2.31. The first-order valence-electron chi connectivity index (χ1n) is 7.20. The van der Waals surface area contributed by atoms with Crippen molar-refractivity contribution in [2.75, 3.05) is 18.8 Å². The highest BCUT2D eigenvalue weighted by Gasteiger charge is 2.32. The summed E-state index contributed by atoms with van der Waals surface area (Å²) in [6.07, 6.45) is 0.852. The number of nitrogens with one attached hydrogen (secondary N) is 1. The van der Waals surface area contributed by atoms with Gasteiger partial charge in [-0.1, -0.05) is 13.8 Å². The third-order valence-electron chi connectivity index (χ3n) is 3.81. The minimum absolute atomic E-state index is 0.0539. The molecule has 7 nitrogen and oxygen atoms in total. The van der Waals surface area contributed by atoms with Gasteiger partial charge in [-0.2, -0.15) is 0 Å². The summed E-state index contributed by atoms with van der Waals surface area (Å²) < 4.78 is 24.9. The van der Waals surface area contributed by atoms with Crippen LogP contribution in [-0.2, 0) is 19.6 Å². The first-order chi connectivity index (χ1) is 9.69. The van der Waals surface area contributed by atoms with Crippen LogP contribution in [0.2, 0.25) is 0 Å². The van der Waals surface area contributed by atoms with E-state index in [4.69, 9.17) is 5.11 Å². The van der Waals surface area contributed by atoms with Gasteiger partial charge in [0.25, 0.3) is 0 Å². The van der Waals surface area contributed by atoms with Gasteiger partial charge in [0.15, 0.2) is 0 Å². The summed E-state index contributed by atoms with van der Waals surface area (Å²) in [5, 5.41) is 11.6. The van der Waals surface area contributed by atoms with Gasteiger partial charge >= 0.3 is 5.97 Å². The summed E-state index contributed by atoms with van der Waals surface area (Å²) >= 11 is 0. The van der Waals surface area contributed by atoms with Gasteiger partial charge in [-0.05, 0) is 25.7 Å². The van der Waals surface area contributed by atoms with Gasteiger partial charge in [-0.25, -0.2) is 17.5 Å². The monoisotopic (exact) mass is 320 g/mol. The lowest BCUT2D eigenvalue weighted by Crippen LogP contribution is -2.49. The Morgan fingerprint density at radius 3 is 2.19 bits per heavy atom. The van der Waals surface area contributed by atoms with Gasteiger partial charge in [0.1, 0.15) is 6.04 Å². The Morgan fingerprint density at radius 2 is 1.81 bits per heavy atom. The summed E-state index contributed by atoms with van der Waals surface area (Å²) in [6.45, 7) is 5.68. The van der Waals surface area contributed by atoms with E-state index in [1.165, 1.54) is 4.31 Å². The van der Waals surface area contributed by atoms with Crippen molar-refractivity contribution < 1.29 is 23.1 Å². The number of carbonyl (C=O) groups is 2. The summed E-state index contributed by atoms with van der Waals surface area (Å²) in [5.74, 6) is -1.83. The number of hydrogen-bond donors (Lipinski definition) is 2. The highest BCUT2D eigenvalue weighted by molar-refractivity contribution is 7.89. The van der Waals surface area contributed by atoms with Crippen LogP contribution in [0.15, 0.2) is 0 Å². The molecule has 1 unspecified atom stereocenters. The minimum Gasteiger partial charge on any atom is -0.480 e. The van der Waals surface area contributed by atoms with Crippen LogP contribution in [0.3, 0.4) is 0 Å². The normalized spacial score (nSPS) is 19.4. The van der Waals surface area contributed by atoms with Gasteiger partial charge in [0.2, 0.25) is 15.9 Å². The van der Waals surface area contributed by atoms with E-state index in [1.807, 2.05) is 0 Å². The molecule has 0 bridgehead atoms. The van der Waals surface area contributed by atoms with Gasteiger partial charge in [-0.3, -0.25) is 4.79 Å². The number of rotatable bonds is 6. The highest BCUT2D eigenvalue weighted by atomic mass is 32.2. The number of hydrogen-bond acceptors (Lipinski definition) is 4. The van der Waals surface area contributed by atoms with Crippen LogP contribution in [0.5, 0.6) is 0 Å². The second-order valence-corrected chi connectivity index (χ2v) is 7.90. The van der Waals surface area contributed by atoms with Crippen LogP contribution in [-0.4, -0.2) is 54.6 Å². The molecule has 1 aliphatic heterocycles. The number of carboxylic acids is 1. The van der Waals surface area contributed by atoms with Crippen molar-refractivity contribution in [3.8, 4) is 0 Å². The van der Waals surface area contributed by atoms with E-state index >= 15 is 0 Å². The third kappa shape index (κ3) is 4.67. The Hall–Kier alpha value is -1.15. The van der Waals surface area contributed by atoms with E-state index in [-0.39, 0.29) is 23.5 Å². The predicted molar refractivity (Wildman–Crippen MR) is 78.2 cm³/mol. The van der Waals surface area contributed by atoms with E-state index in [1.54, 1.807) is 20.8 Å². The molecule has 0 radical (unpaired) electrons. The van der Waals surface area contributed by atoms with Gasteiger partial charge in [0.05, 0.1) is 5.75 Å². The highest BCUT2D eigenvalue weighted by Crippen LogP contribution is 2.20. The molecule has 1 saturated heterocycles. The molecule has 1 heterocycles. The number of piperidine rings is 1. The van der Waals surface area contributed by atoms with E-state index in [0.29, 0.717) is 25.9 Å². The molecule has 0 aliphatic carbocycles. The number of nitrogens with zero attached hydrogens (tertiary/aromatic N) is 1. The Morgan fingerprint density at radius 1 is 1.29 bits per heavy atom. The van der Waals surface area contributed by atoms with Crippen LogP contribution >= 0.6 is 0 Å². The van der Waals surface area contributed by atoms with E-state index in [0.717, 1.165) is 0 Å². The fourth-order valence-electron chi connectivity index (χ4n) is 2.36. The SMILES string of the molecule is CCS(=O)(=O)N1CCC(C(=O)NC(C(=O)O)C(C)C)CC1. The van der Waals surface area contributed by atoms with Crippen molar-refractivity contribution in [1.82, 2.24) is 9.62 Å². The maximum Gasteiger partial charge on any atom is 0.326 e. The van der Waals surface area contributed by atoms with E-state index in [9.17, 15) is 18.0 Å². The zero-order valence-electron chi connectivity index (χ0n) is 12.7. The Bertz CT molecular complexity index is 481. The molecule has 1 fully saturated rings. The van der Waals surface area contributed by atoms with E-state index < -0.39 is 22.0 Å². The smallest absolute Gasteiger partial charge is 0.326 e. The lowest BCUT2D eigenvalue weighted by molar-refractivity contribution is -0.144.